The summed E-state index contributed by atoms with van der Waals surface area (Å²) in [5.41, 5.74) is 1.33. The Labute approximate surface area is 149 Å². The zero-order valence-corrected chi connectivity index (χ0v) is 14.9. The quantitative estimate of drug-likeness (QED) is 0.797. The van der Waals surface area contributed by atoms with Gasteiger partial charge in [-0.15, -0.1) is 11.3 Å². The van der Waals surface area contributed by atoms with Crippen LogP contribution in [0.2, 0.25) is 0 Å². The third-order valence-electron chi connectivity index (χ3n) is 4.07. The Bertz CT molecular complexity index is 822. The summed E-state index contributed by atoms with van der Waals surface area (Å²) in [6, 6.07) is 3.64. The number of aryl methyl sites for hydroxylation is 1. The van der Waals surface area contributed by atoms with Gasteiger partial charge in [-0.25, -0.2) is 9.67 Å². The molecule has 2 unspecified atom stereocenters. The summed E-state index contributed by atoms with van der Waals surface area (Å²) in [6.07, 6.45) is 2.56. The van der Waals surface area contributed by atoms with E-state index in [0.29, 0.717) is 22.8 Å². The average Bonchev–Trinajstić information content (AvgIpc) is 3.18. The van der Waals surface area contributed by atoms with E-state index in [2.05, 4.69) is 17.3 Å². The second kappa shape index (κ2) is 7.28. The van der Waals surface area contributed by atoms with Gasteiger partial charge in [-0.2, -0.15) is 5.10 Å². The number of amides is 1. The number of aliphatic hydroxyl groups is 1. The summed E-state index contributed by atoms with van der Waals surface area (Å²) in [4.78, 5) is 29.5. The second-order valence-electron chi connectivity index (χ2n) is 6.17. The molecule has 0 saturated heterocycles. The Kier molecular flexibility index (Phi) is 5.10. The van der Waals surface area contributed by atoms with Gasteiger partial charge in [0.1, 0.15) is 0 Å². The van der Waals surface area contributed by atoms with E-state index in [1.54, 1.807) is 17.7 Å². The lowest BCUT2D eigenvalue weighted by molar-refractivity contribution is 0.0928. The first-order chi connectivity index (χ1) is 12.0. The molecule has 0 aliphatic carbocycles. The van der Waals surface area contributed by atoms with E-state index in [-0.39, 0.29) is 18.4 Å². The van der Waals surface area contributed by atoms with Gasteiger partial charge in [0, 0.05) is 23.9 Å². The highest BCUT2D eigenvalue weighted by molar-refractivity contribution is 7.16. The van der Waals surface area contributed by atoms with Gasteiger partial charge in [0.2, 0.25) is 0 Å². The van der Waals surface area contributed by atoms with Crippen molar-refractivity contribution in [3.8, 4) is 0 Å². The van der Waals surface area contributed by atoms with Gasteiger partial charge in [0.05, 0.1) is 28.5 Å². The highest BCUT2D eigenvalue weighted by Gasteiger charge is 2.23. The number of hydrogen-bond donors (Lipinski definition) is 2. The highest BCUT2D eigenvalue weighted by Crippen LogP contribution is 2.29. The second-order valence-corrected chi connectivity index (χ2v) is 7.26. The number of aliphatic imine (C=N–C) groups is 1. The molecule has 2 aromatic heterocycles. The molecule has 1 amide bonds. The van der Waals surface area contributed by atoms with Crippen molar-refractivity contribution in [2.24, 2.45) is 10.9 Å². The number of thiophene rings is 1. The average molecular weight is 360 g/mol. The molecule has 7 nitrogen and oxygen atoms in total. The Morgan fingerprint density at radius 2 is 2.36 bits per heavy atom. The summed E-state index contributed by atoms with van der Waals surface area (Å²) >= 11 is 1.36. The molecule has 0 spiro atoms. The standard InChI is InChI=1S/C17H20N4O3S/c1-10-5-6-21-16(12(9-22)8-19-21)20-15(10)13-3-4-14(25-13)17(24)18-7-11(2)23/h3-4,8-11,23H,5-7H2,1-2H3,(H,18,24). The first-order valence-corrected chi connectivity index (χ1v) is 8.97. The Morgan fingerprint density at radius 3 is 3.08 bits per heavy atom. The van der Waals surface area contributed by atoms with E-state index in [1.165, 1.54) is 17.5 Å². The van der Waals surface area contributed by atoms with Crippen LogP contribution in [0.15, 0.2) is 23.3 Å². The predicted octanol–water partition coefficient (Wildman–Crippen LogP) is 2.03. The molecular weight excluding hydrogens is 340 g/mol. The van der Waals surface area contributed by atoms with Crippen LogP contribution in [0.3, 0.4) is 0 Å². The Balaban J connectivity index is 1.90. The molecule has 0 radical (unpaired) electrons. The molecule has 8 heteroatoms. The number of carbonyl (C=O) groups is 2. The molecule has 3 heterocycles. The zero-order valence-electron chi connectivity index (χ0n) is 14.1. The summed E-state index contributed by atoms with van der Waals surface area (Å²) in [6.45, 7) is 4.62. The molecule has 1 aliphatic rings. The number of fused-ring (bicyclic) bond motifs is 1. The fourth-order valence-electron chi connectivity index (χ4n) is 2.66. The minimum atomic E-state index is -0.586. The van der Waals surface area contributed by atoms with E-state index in [0.717, 1.165) is 23.3 Å². The topological polar surface area (TPSA) is 96.6 Å². The van der Waals surface area contributed by atoms with Crippen molar-refractivity contribution in [3.05, 3.63) is 33.6 Å². The maximum Gasteiger partial charge on any atom is 0.261 e. The van der Waals surface area contributed by atoms with E-state index >= 15 is 0 Å². The van der Waals surface area contributed by atoms with Gasteiger partial charge in [-0.1, -0.05) is 6.92 Å². The van der Waals surface area contributed by atoms with Crippen LogP contribution in [-0.4, -0.2) is 45.4 Å². The van der Waals surface area contributed by atoms with Crippen molar-refractivity contribution in [1.82, 2.24) is 15.1 Å². The molecule has 2 aromatic rings. The molecule has 2 atom stereocenters. The monoisotopic (exact) mass is 360 g/mol. The van der Waals surface area contributed by atoms with Crippen LogP contribution in [-0.2, 0) is 6.54 Å². The lowest BCUT2D eigenvalue weighted by atomic mass is 10.0. The van der Waals surface area contributed by atoms with Crippen molar-refractivity contribution in [3.63, 3.8) is 0 Å². The number of aromatic nitrogens is 2. The van der Waals surface area contributed by atoms with Crippen LogP contribution in [0.5, 0.6) is 0 Å². The molecule has 25 heavy (non-hydrogen) atoms. The van der Waals surface area contributed by atoms with Crippen molar-refractivity contribution in [2.75, 3.05) is 6.54 Å². The van der Waals surface area contributed by atoms with Crippen LogP contribution in [0.1, 0.15) is 45.2 Å². The van der Waals surface area contributed by atoms with Crippen LogP contribution in [0.4, 0.5) is 5.82 Å². The SMILES string of the molecule is CC(O)CNC(=O)c1ccc(C2=Nc3c(C=O)cnn3CCC2C)s1. The minimum Gasteiger partial charge on any atom is -0.392 e. The molecule has 0 fully saturated rings. The molecular formula is C17H20N4O3S. The van der Waals surface area contributed by atoms with Crippen molar-refractivity contribution >= 4 is 35.1 Å². The fraction of sp³-hybridized carbons (Fsp3) is 0.412. The van der Waals surface area contributed by atoms with Gasteiger partial charge < -0.3 is 10.4 Å². The number of aliphatic hydroxyl groups excluding tert-OH is 1. The van der Waals surface area contributed by atoms with E-state index in [9.17, 15) is 14.7 Å². The van der Waals surface area contributed by atoms with Crippen LogP contribution < -0.4 is 5.32 Å². The minimum absolute atomic E-state index is 0.188. The summed E-state index contributed by atoms with van der Waals surface area (Å²) in [7, 11) is 0. The third kappa shape index (κ3) is 3.69. The molecule has 1 aliphatic heterocycles. The number of hydrogen-bond acceptors (Lipinski definition) is 6. The van der Waals surface area contributed by atoms with Crippen LogP contribution >= 0.6 is 11.3 Å². The largest absolute Gasteiger partial charge is 0.392 e. The molecule has 132 valence electrons. The number of nitrogens with one attached hydrogen (secondary N) is 1. The van der Waals surface area contributed by atoms with Gasteiger partial charge in [-0.05, 0) is 25.5 Å². The normalized spacial score (nSPS) is 18.0. The first-order valence-electron chi connectivity index (χ1n) is 8.15. The van der Waals surface area contributed by atoms with Crippen molar-refractivity contribution in [2.45, 2.75) is 32.9 Å². The first kappa shape index (κ1) is 17.5. The smallest absolute Gasteiger partial charge is 0.261 e. The summed E-state index contributed by atoms with van der Waals surface area (Å²) in [5.74, 6) is 0.550. The molecule has 0 bridgehead atoms. The number of rotatable bonds is 5. The lowest BCUT2D eigenvalue weighted by Crippen LogP contribution is -2.29. The van der Waals surface area contributed by atoms with Crippen molar-refractivity contribution in [1.29, 1.82) is 0 Å². The third-order valence-corrected chi connectivity index (χ3v) is 5.18. The van der Waals surface area contributed by atoms with E-state index < -0.39 is 6.10 Å². The van der Waals surface area contributed by atoms with Gasteiger partial charge >= 0.3 is 0 Å². The maximum atomic E-state index is 12.1. The lowest BCUT2D eigenvalue weighted by Gasteiger charge is -2.10. The van der Waals surface area contributed by atoms with Crippen LogP contribution in [0.25, 0.3) is 0 Å². The Hall–Kier alpha value is -2.32. The fourth-order valence-corrected chi connectivity index (χ4v) is 3.69. The van der Waals surface area contributed by atoms with E-state index in [1.807, 2.05) is 6.07 Å². The van der Waals surface area contributed by atoms with Crippen molar-refractivity contribution < 1.29 is 14.7 Å². The number of nitrogens with zero attached hydrogens (tertiary/aromatic N) is 3. The van der Waals surface area contributed by atoms with Gasteiger partial charge in [0.15, 0.2) is 12.1 Å². The molecule has 0 saturated carbocycles. The maximum absolute atomic E-state index is 12.1. The summed E-state index contributed by atoms with van der Waals surface area (Å²) in [5, 5.41) is 16.2. The number of carbonyl (C=O) groups excluding carboxylic acids is 2. The zero-order chi connectivity index (χ0) is 18.0. The van der Waals surface area contributed by atoms with Crippen LogP contribution in [0, 0.1) is 5.92 Å². The van der Waals surface area contributed by atoms with Gasteiger partial charge in [-0.3, -0.25) is 9.59 Å². The summed E-state index contributed by atoms with van der Waals surface area (Å²) < 4.78 is 1.75. The molecule has 0 aromatic carbocycles. The predicted molar refractivity (Wildman–Crippen MR) is 95.9 cm³/mol. The van der Waals surface area contributed by atoms with Gasteiger partial charge in [0.25, 0.3) is 5.91 Å². The van der Waals surface area contributed by atoms with E-state index in [4.69, 9.17) is 4.99 Å². The molecule has 3 rings (SSSR count). The molecule has 2 N–H and O–H groups in total. The number of aldehydes is 1. The highest BCUT2D eigenvalue weighted by atomic mass is 32.1. The Morgan fingerprint density at radius 1 is 1.56 bits per heavy atom.